The molecule has 1 atom stereocenters. The van der Waals surface area contributed by atoms with E-state index in [9.17, 15) is 9.59 Å². The molecule has 0 spiro atoms. The molecule has 108 valence electrons. The van der Waals surface area contributed by atoms with E-state index in [1.54, 1.807) is 25.1 Å². The number of carbonyl (C=O) groups is 2. The summed E-state index contributed by atoms with van der Waals surface area (Å²) in [5.74, 6) is -0.459. The SMILES string of the molecule is CC(OC(=O)c1cccc(NC(N)=O)c1)c1ccccc1. The molecule has 0 aliphatic carbocycles. The highest BCUT2D eigenvalue weighted by Gasteiger charge is 2.14. The highest BCUT2D eigenvalue weighted by atomic mass is 16.5. The summed E-state index contributed by atoms with van der Waals surface area (Å²) in [5, 5.41) is 2.42. The fraction of sp³-hybridized carbons (Fsp3) is 0.125. The van der Waals surface area contributed by atoms with Crippen LogP contribution in [-0.2, 0) is 4.74 Å². The number of hydrogen-bond donors (Lipinski definition) is 2. The molecule has 2 aromatic carbocycles. The van der Waals surface area contributed by atoms with Gasteiger partial charge in [-0.3, -0.25) is 0 Å². The molecule has 0 saturated heterocycles. The zero-order valence-corrected chi connectivity index (χ0v) is 11.6. The van der Waals surface area contributed by atoms with Crippen LogP contribution in [0.4, 0.5) is 10.5 Å². The molecule has 5 heteroatoms. The third kappa shape index (κ3) is 4.07. The Morgan fingerprint density at radius 1 is 1.10 bits per heavy atom. The molecule has 0 saturated carbocycles. The van der Waals surface area contributed by atoms with Gasteiger partial charge < -0.3 is 15.8 Å². The summed E-state index contributed by atoms with van der Waals surface area (Å²) in [6, 6.07) is 15.2. The Morgan fingerprint density at radius 3 is 2.48 bits per heavy atom. The number of ether oxygens (including phenoxy) is 1. The number of esters is 1. The van der Waals surface area contributed by atoms with Crippen LogP contribution in [0.25, 0.3) is 0 Å². The van der Waals surface area contributed by atoms with Gasteiger partial charge in [-0.2, -0.15) is 0 Å². The Hall–Kier alpha value is -2.82. The molecule has 2 amide bonds. The normalized spacial score (nSPS) is 11.5. The molecule has 0 heterocycles. The lowest BCUT2D eigenvalue weighted by Crippen LogP contribution is -2.19. The number of nitrogens with one attached hydrogen (secondary N) is 1. The molecule has 0 aliphatic rings. The van der Waals surface area contributed by atoms with Crippen molar-refractivity contribution in [2.75, 3.05) is 5.32 Å². The van der Waals surface area contributed by atoms with Crippen LogP contribution < -0.4 is 11.1 Å². The predicted molar refractivity (Wildman–Crippen MR) is 79.9 cm³/mol. The zero-order chi connectivity index (χ0) is 15.2. The van der Waals surface area contributed by atoms with Gasteiger partial charge in [-0.15, -0.1) is 0 Å². The highest BCUT2D eigenvalue weighted by Crippen LogP contribution is 2.19. The van der Waals surface area contributed by atoms with Gasteiger partial charge in [0, 0.05) is 5.69 Å². The lowest BCUT2D eigenvalue weighted by Gasteiger charge is -2.14. The van der Waals surface area contributed by atoms with E-state index in [1.807, 2.05) is 30.3 Å². The minimum Gasteiger partial charge on any atom is -0.454 e. The molecule has 0 aliphatic heterocycles. The van der Waals surface area contributed by atoms with E-state index < -0.39 is 12.0 Å². The molecule has 5 nitrogen and oxygen atoms in total. The first kappa shape index (κ1) is 14.6. The quantitative estimate of drug-likeness (QED) is 0.846. The van der Waals surface area contributed by atoms with Gasteiger partial charge in [-0.1, -0.05) is 36.4 Å². The second-order valence-corrected chi connectivity index (χ2v) is 4.53. The van der Waals surface area contributed by atoms with Crippen LogP contribution in [-0.4, -0.2) is 12.0 Å². The first-order valence-corrected chi connectivity index (χ1v) is 6.48. The Morgan fingerprint density at radius 2 is 1.81 bits per heavy atom. The minimum atomic E-state index is -0.682. The van der Waals surface area contributed by atoms with Crippen molar-refractivity contribution in [3.05, 3.63) is 65.7 Å². The summed E-state index contributed by atoms with van der Waals surface area (Å²) >= 11 is 0. The second-order valence-electron chi connectivity index (χ2n) is 4.53. The molecule has 21 heavy (non-hydrogen) atoms. The number of anilines is 1. The van der Waals surface area contributed by atoms with Crippen LogP contribution >= 0.6 is 0 Å². The van der Waals surface area contributed by atoms with Crippen LogP contribution in [0.15, 0.2) is 54.6 Å². The van der Waals surface area contributed by atoms with Gasteiger partial charge in [0.1, 0.15) is 6.10 Å². The van der Waals surface area contributed by atoms with Crippen LogP contribution in [0, 0.1) is 0 Å². The lowest BCUT2D eigenvalue weighted by atomic mass is 10.1. The fourth-order valence-corrected chi connectivity index (χ4v) is 1.89. The van der Waals surface area contributed by atoms with E-state index in [4.69, 9.17) is 10.5 Å². The van der Waals surface area contributed by atoms with Crippen molar-refractivity contribution in [3.63, 3.8) is 0 Å². The number of benzene rings is 2. The third-order valence-corrected chi connectivity index (χ3v) is 2.92. The van der Waals surface area contributed by atoms with Gasteiger partial charge in [0.2, 0.25) is 0 Å². The highest BCUT2D eigenvalue weighted by molar-refractivity contribution is 5.93. The maximum absolute atomic E-state index is 12.1. The van der Waals surface area contributed by atoms with Gasteiger partial charge in [0.15, 0.2) is 0 Å². The molecule has 1 unspecified atom stereocenters. The molecule has 0 fully saturated rings. The fourth-order valence-electron chi connectivity index (χ4n) is 1.89. The topological polar surface area (TPSA) is 81.4 Å². The van der Waals surface area contributed by atoms with Gasteiger partial charge in [0.05, 0.1) is 5.56 Å². The molecule has 0 radical (unpaired) electrons. The van der Waals surface area contributed by atoms with E-state index >= 15 is 0 Å². The summed E-state index contributed by atoms with van der Waals surface area (Å²) in [5.41, 5.74) is 6.75. The lowest BCUT2D eigenvalue weighted by molar-refractivity contribution is 0.0338. The number of nitrogens with two attached hydrogens (primary N) is 1. The number of amides is 2. The van der Waals surface area contributed by atoms with Crippen LogP contribution in [0.1, 0.15) is 28.9 Å². The zero-order valence-electron chi connectivity index (χ0n) is 11.6. The predicted octanol–water partition coefficient (Wildman–Crippen LogP) is 3.10. The summed E-state index contributed by atoms with van der Waals surface area (Å²) in [7, 11) is 0. The van der Waals surface area contributed by atoms with Gasteiger partial charge in [0.25, 0.3) is 0 Å². The van der Waals surface area contributed by atoms with Crippen molar-refractivity contribution in [2.24, 2.45) is 5.73 Å². The summed E-state index contributed by atoms with van der Waals surface area (Å²) in [4.78, 5) is 22.9. The summed E-state index contributed by atoms with van der Waals surface area (Å²) in [6.45, 7) is 1.80. The average Bonchev–Trinajstić information content (AvgIpc) is 2.47. The molecule has 0 aromatic heterocycles. The Bertz CT molecular complexity index is 641. The van der Waals surface area contributed by atoms with E-state index in [2.05, 4.69) is 5.32 Å². The van der Waals surface area contributed by atoms with Crippen molar-refractivity contribution in [3.8, 4) is 0 Å². The Labute approximate surface area is 122 Å². The first-order chi connectivity index (χ1) is 10.1. The standard InChI is InChI=1S/C16H16N2O3/c1-11(12-6-3-2-4-7-12)21-15(19)13-8-5-9-14(10-13)18-16(17)20/h2-11H,1H3,(H3,17,18,20). The Balaban J connectivity index is 2.08. The van der Waals surface area contributed by atoms with Crippen molar-refractivity contribution in [1.29, 1.82) is 0 Å². The van der Waals surface area contributed by atoms with E-state index in [1.165, 1.54) is 6.07 Å². The number of carbonyl (C=O) groups excluding carboxylic acids is 2. The van der Waals surface area contributed by atoms with E-state index in [0.717, 1.165) is 5.56 Å². The van der Waals surface area contributed by atoms with Crippen molar-refractivity contribution >= 4 is 17.7 Å². The van der Waals surface area contributed by atoms with Gasteiger partial charge >= 0.3 is 12.0 Å². The maximum atomic E-state index is 12.1. The second kappa shape index (κ2) is 6.56. The van der Waals surface area contributed by atoms with Crippen LogP contribution in [0.5, 0.6) is 0 Å². The van der Waals surface area contributed by atoms with Gasteiger partial charge in [-0.25, -0.2) is 9.59 Å². The molecular formula is C16H16N2O3. The monoisotopic (exact) mass is 284 g/mol. The van der Waals surface area contributed by atoms with E-state index in [-0.39, 0.29) is 6.10 Å². The smallest absolute Gasteiger partial charge is 0.338 e. The largest absolute Gasteiger partial charge is 0.454 e. The molecule has 3 N–H and O–H groups in total. The summed E-state index contributed by atoms with van der Waals surface area (Å²) < 4.78 is 5.40. The molecule has 2 rings (SSSR count). The first-order valence-electron chi connectivity index (χ1n) is 6.48. The van der Waals surface area contributed by atoms with E-state index in [0.29, 0.717) is 11.3 Å². The van der Waals surface area contributed by atoms with Crippen molar-refractivity contribution in [1.82, 2.24) is 0 Å². The van der Waals surface area contributed by atoms with Crippen LogP contribution in [0.2, 0.25) is 0 Å². The summed E-state index contributed by atoms with van der Waals surface area (Å²) in [6.07, 6.45) is -0.355. The minimum absolute atomic E-state index is 0.351. The maximum Gasteiger partial charge on any atom is 0.338 e. The molecular weight excluding hydrogens is 268 g/mol. The molecule has 2 aromatic rings. The third-order valence-electron chi connectivity index (χ3n) is 2.92. The number of rotatable bonds is 4. The average molecular weight is 284 g/mol. The van der Waals surface area contributed by atoms with Crippen molar-refractivity contribution < 1.29 is 14.3 Å². The number of urea groups is 1. The van der Waals surface area contributed by atoms with Crippen LogP contribution in [0.3, 0.4) is 0 Å². The molecule has 0 bridgehead atoms. The number of hydrogen-bond acceptors (Lipinski definition) is 3. The Kier molecular flexibility index (Phi) is 4.56. The van der Waals surface area contributed by atoms with Crippen molar-refractivity contribution in [2.45, 2.75) is 13.0 Å². The number of primary amides is 1. The van der Waals surface area contributed by atoms with Gasteiger partial charge in [-0.05, 0) is 30.7 Å².